The van der Waals surface area contributed by atoms with Crippen molar-refractivity contribution in [2.24, 2.45) is 0 Å². The van der Waals surface area contributed by atoms with Gasteiger partial charge in [0.05, 0.1) is 5.02 Å². The van der Waals surface area contributed by atoms with Crippen LogP contribution in [-0.2, 0) is 0 Å². The zero-order chi connectivity index (χ0) is 20.1. The standard InChI is InChI=1S/C19H18ClF3N2O3/c20-13-4-9-17(24-11-13)27-15-7-5-14(6-8-15)25-18(26)12-2-1-3-16(10-12)28-19(21,22)23/h1-4,9-11,14-15H,5-8H2,(H,25,26). The van der Waals surface area contributed by atoms with Crippen molar-refractivity contribution in [3.8, 4) is 11.6 Å². The van der Waals surface area contributed by atoms with Crippen LogP contribution in [0.25, 0.3) is 0 Å². The molecule has 9 heteroatoms. The summed E-state index contributed by atoms with van der Waals surface area (Å²) in [6.07, 6.45) is -0.443. The number of hydrogen-bond acceptors (Lipinski definition) is 4. The Balaban J connectivity index is 1.49. The Kier molecular flexibility index (Phi) is 6.28. The number of alkyl halides is 3. The lowest BCUT2D eigenvalue weighted by Crippen LogP contribution is -2.39. The maximum absolute atomic E-state index is 12.3. The zero-order valence-corrected chi connectivity index (χ0v) is 15.5. The first kappa shape index (κ1) is 20.3. The Morgan fingerprint density at radius 2 is 1.89 bits per heavy atom. The zero-order valence-electron chi connectivity index (χ0n) is 14.7. The van der Waals surface area contributed by atoms with Crippen molar-refractivity contribution < 1.29 is 27.4 Å². The van der Waals surface area contributed by atoms with Crippen molar-refractivity contribution in [2.45, 2.75) is 44.2 Å². The van der Waals surface area contributed by atoms with E-state index in [-0.39, 0.29) is 17.7 Å². The van der Waals surface area contributed by atoms with Crippen molar-refractivity contribution in [3.63, 3.8) is 0 Å². The van der Waals surface area contributed by atoms with E-state index in [1.54, 1.807) is 12.1 Å². The second-order valence-electron chi connectivity index (χ2n) is 6.46. The van der Waals surface area contributed by atoms with Gasteiger partial charge in [0.25, 0.3) is 5.91 Å². The lowest BCUT2D eigenvalue weighted by atomic mass is 9.92. The van der Waals surface area contributed by atoms with Crippen LogP contribution < -0.4 is 14.8 Å². The number of hydrogen-bond donors (Lipinski definition) is 1. The second-order valence-corrected chi connectivity index (χ2v) is 6.89. The normalized spacial score (nSPS) is 19.7. The fourth-order valence-electron chi connectivity index (χ4n) is 3.03. The van der Waals surface area contributed by atoms with E-state index in [2.05, 4.69) is 15.0 Å². The molecule has 0 radical (unpaired) electrons. The van der Waals surface area contributed by atoms with E-state index < -0.39 is 18.0 Å². The summed E-state index contributed by atoms with van der Waals surface area (Å²) in [5, 5.41) is 3.38. The minimum absolute atomic E-state index is 0.00894. The molecule has 150 valence electrons. The quantitative estimate of drug-likeness (QED) is 0.766. The average Bonchev–Trinajstić information content (AvgIpc) is 2.64. The Morgan fingerprint density at radius 3 is 2.54 bits per heavy atom. The molecule has 0 spiro atoms. The molecule has 5 nitrogen and oxygen atoms in total. The second kappa shape index (κ2) is 8.68. The van der Waals surface area contributed by atoms with Crippen LogP contribution in [0.2, 0.25) is 5.02 Å². The van der Waals surface area contributed by atoms with Crippen LogP contribution in [0.3, 0.4) is 0 Å². The van der Waals surface area contributed by atoms with Crippen LogP contribution in [0.5, 0.6) is 11.6 Å². The Morgan fingerprint density at radius 1 is 1.14 bits per heavy atom. The summed E-state index contributed by atoms with van der Waals surface area (Å²) >= 11 is 5.79. The summed E-state index contributed by atoms with van der Waals surface area (Å²) in [5.74, 6) is -0.359. The van der Waals surface area contributed by atoms with Crippen LogP contribution in [0.1, 0.15) is 36.0 Å². The SMILES string of the molecule is O=C(NC1CCC(Oc2ccc(Cl)cn2)CC1)c1cccc(OC(F)(F)F)c1. The highest BCUT2D eigenvalue weighted by Gasteiger charge is 2.31. The van der Waals surface area contributed by atoms with E-state index >= 15 is 0 Å². The van der Waals surface area contributed by atoms with Crippen LogP contribution in [0, 0.1) is 0 Å². The van der Waals surface area contributed by atoms with Gasteiger partial charge >= 0.3 is 6.36 Å². The van der Waals surface area contributed by atoms with E-state index in [4.69, 9.17) is 16.3 Å². The van der Waals surface area contributed by atoms with Gasteiger partial charge in [-0.15, -0.1) is 13.2 Å². The molecule has 0 saturated heterocycles. The van der Waals surface area contributed by atoms with Crippen LogP contribution in [-0.4, -0.2) is 29.4 Å². The fraction of sp³-hybridized carbons (Fsp3) is 0.368. The maximum atomic E-state index is 12.3. The van der Waals surface area contributed by atoms with Crippen LogP contribution >= 0.6 is 11.6 Å². The molecule has 0 bridgehead atoms. The van der Waals surface area contributed by atoms with Gasteiger partial charge in [0.15, 0.2) is 0 Å². The molecule has 0 unspecified atom stereocenters. The predicted octanol–water partition coefficient (Wildman–Crippen LogP) is 4.75. The van der Waals surface area contributed by atoms with Crippen LogP contribution in [0.15, 0.2) is 42.6 Å². The van der Waals surface area contributed by atoms with Gasteiger partial charge in [0, 0.05) is 23.9 Å². The first-order chi connectivity index (χ1) is 13.3. The predicted molar refractivity (Wildman–Crippen MR) is 96.5 cm³/mol. The van der Waals surface area contributed by atoms with Crippen molar-refractivity contribution in [1.82, 2.24) is 10.3 Å². The van der Waals surface area contributed by atoms with Crippen LogP contribution in [0.4, 0.5) is 13.2 Å². The number of nitrogens with one attached hydrogen (secondary N) is 1. The monoisotopic (exact) mass is 414 g/mol. The summed E-state index contributed by atoms with van der Waals surface area (Å²) in [5.41, 5.74) is 0.116. The van der Waals surface area contributed by atoms with Gasteiger partial charge in [-0.1, -0.05) is 17.7 Å². The third-order valence-electron chi connectivity index (χ3n) is 4.33. The highest BCUT2D eigenvalue weighted by molar-refractivity contribution is 6.30. The molecule has 1 aromatic carbocycles. The molecule has 1 aliphatic carbocycles. The number of ether oxygens (including phenoxy) is 2. The van der Waals surface area contributed by atoms with Gasteiger partial charge in [-0.3, -0.25) is 4.79 Å². The van der Waals surface area contributed by atoms with Gasteiger partial charge in [0.2, 0.25) is 5.88 Å². The minimum Gasteiger partial charge on any atom is -0.474 e. The number of rotatable bonds is 5. The van der Waals surface area contributed by atoms with E-state index in [0.717, 1.165) is 25.0 Å². The number of pyridine rings is 1. The molecule has 1 aromatic heterocycles. The third kappa shape index (κ3) is 6.02. The molecule has 0 atom stereocenters. The number of amides is 1. The fourth-order valence-corrected chi connectivity index (χ4v) is 3.14. The molecular weight excluding hydrogens is 397 g/mol. The first-order valence-corrected chi connectivity index (χ1v) is 9.11. The molecular formula is C19H18ClF3N2O3. The van der Waals surface area contributed by atoms with Gasteiger partial charge in [-0.25, -0.2) is 4.98 Å². The lowest BCUT2D eigenvalue weighted by Gasteiger charge is -2.29. The molecule has 1 saturated carbocycles. The average molecular weight is 415 g/mol. The molecule has 3 rings (SSSR count). The number of halogens is 4. The Hall–Kier alpha value is -2.48. The molecule has 1 aliphatic rings. The number of carbonyl (C=O) groups is 1. The number of carbonyl (C=O) groups excluding carboxylic acids is 1. The van der Waals surface area contributed by atoms with Gasteiger partial charge in [0.1, 0.15) is 11.9 Å². The smallest absolute Gasteiger partial charge is 0.474 e. The van der Waals surface area contributed by atoms with E-state index in [1.165, 1.54) is 18.3 Å². The summed E-state index contributed by atoms with van der Waals surface area (Å²) in [6, 6.07) is 8.34. The summed E-state index contributed by atoms with van der Waals surface area (Å²) in [6.45, 7) is 0. The molecule has 28 heavy (non-hydrogen) atoms. The van der Waals surface area contributed by atoms with E-state index in [9.17, 15) is 18.0 Å². The number of benzene rings is 1. The van der Waals surface area contributed by atoms with Gasteiger partial charge in [-0.05, 0) is 49.9 Å². The Labute approximate surface area is 164 Å². The van der Waals surface area contributed by atoms with Crippen molar-refractivity contribution >= 4 is 17.5 Å². The topological polar surface area (TPSA) is 60.5 Å². The molecule has 1 amide bonds. The number of aromatic nitrogens is 1. The summed E-state index contributed by atoms with van der Waals surface area (Å²) < 4.78 is 46.6. The van der Waals surface area contributed by atoms with E-state index in [1.807, 2.05) is 0 Å². The molecule has 1 N–H and O–H groups in total. The molecule has 0 aliphatic heterocycles. The third-order valence-corrected chi connectivity index (χ3v) is 4.55. The van der Waals surface area contributed by atoms with Crippen molar-refractivity contribution in [3.05, 3.63) is 53.2 Å². The van der Waals surface area contributed by atoms with Gasteiger partial charge in [-0.2, -0.15) is 0 Å². The largest absolute Gasteiger partial charge is 0.573 e. The maximum Gasteiger partial charge on any atom is 0.573 e. The minimum atomic E-state index is -4.80. The summed E-state index contributed by atoms with van der Waals surface area (Å²) in [7, 11) is 0. The van der Waals surface area contributed by atoms with Gasteiger partial charge < -0.3 is 14.8 Å². The highest BCUT2D eigenvalue weighted by Crippen LogP contribution is 2.25. The summed E-state index contributed by atoms with van der Waals surface area (Å²) in [4.78, 5) is 16.4. The highest BCUT2D eigenvalue weighted by atomic mass is 35.5. The van der Waals surface area contributed by atoms with E-state index in [0.29, 0.717) is 23.7 Å². The molecule has 2 aromatic rings. The molecule has 1 fully saturated rings. The molecule has 1 heterocycles. The van der Waals surface area contributed by atoms with Crippen molar-refractivity contribution in [1.29, 1.82) is 0 Å². The first-order valence-electron chi connectivity index (χ1n) is 8.73. The number of nitrogens with zero attached hydrogens (tertiary/aromatic N) is 1. The Bertz CT molecular complexity index is 807. The lowest BCUT2D eigenvalue weighted by molar-refractivity contribution is -0.274. The van der Waals surface area contributed by atoms with Crippen molar-refractivity contribution in [2.75, 3.05) is 0 Å².